The van der Waals surface area contributed by atoms with E-state index in [1.54, 1.807) is 12.3 Å². The van der Waals surface area contributed by atoms with Crippen LogP contribution in [0.3, 0.4) is 0 Å². The molecule has 0 N–H and O–H groups in total. The largest absolute Gasteiger partial charge is 0.484 e. The maximum Gasteiger partial charge on any atom is 0.276 e. The van der Waals surface area contributed by atoms with Crippen molar-refractivity contribution in [1.29, 1.82) is 0 Å². The molecular weight excluding hydrogens is 372 g/mol. The van der Waals surface area contributed by atoms with Gasteiger partial charge in [-0.3, -0.25) is 14.7 Å². The number of morpholine rings is 1. The molecule has 4 heterocycles. The Morgan fingerprint density at radius 3 is 2.93 bits per heavy atom. The fourth-order valence-electron chi connectivity index (χ4n) is 3.89. The number of pyridine rings is 1. The van der Waals surface area contributed by atoms with Crippen molar-refractivity contribution in [2.45, 2.75) is 26.4 Å². The second kappa shape index (κ2) is 9.37. The number of nitrogens with zero attached hydrogens (tertiary/aromatic N) is 4. The van der Waals surface area contributed by atoms with Gasteiger partial charge in [0.1, 0.15) is 12.4 Å². The number of hydrogen-bond donors (Lipinski definition) is 0. The second-order valence-corrected chi connectivity index (χ2v) is 7.77. The lowest BCUT2D eigenvalue weighted by Crippen LogP contribution is -2.46. The zero-order valence-electron chi connectivity index (χ0n) is 16.9. The van der Waals surface area contributed by atoms with Gasteiger partial charge < -0.3 is 18.9 Å². The van der Waals surface area contributed by atoms with Crippen molar-refractivity contribution in [3.05, 3.63) is 41.5 Å². The van der Waals surface area contributed by atoms with E-state index < -0.39 is 0 Å². The summed E-state index contributed by atoms with van der Waals surface area (Å²) in [6.07, 6.45) is 3.85. The van der Waals surface area contributed by atoms with Crippen LogP contribution in [0.2, 0.25) is 0 Å². The molecule has 156 valence electrons. The molecule has 1 unspecified atom stereocenters. The Kier molecular flexibility index (Phi) is 6.41. The summed E-state index contributed by atoms with van der Waals surface area (Å²) in [6, 6.07) is 5.41. The first-order valence-electron chi connectivity index (χ1n) is 10.3. The SMILES string of the molecule is Cc1ccc(OCc2cc(C(=O)N3CCCC(CN4CCOCC4)C3)no2)cn1. The number of hydrogen-bond acceptors (Lipinski definition) is 7. The third kappa shape index (κ3) is 5.33. The Hall–Kier alpha value is -2.45. The highest BCUT2D eigenvalue weighted by molar-refractivity contribution is 5.92. The van der Waals surface area contributed by atoms with Crippen molar-refractivity contribution in [2.24, 2.45) is 5.92 Å². The van der Waals surface area contributed by atoms with Crippen molar-refractivity contribution in [1.82, 2.24) is 19.9 Å². The normalized spacial score (nSPS) is 20.6. The van der Waals surface area contributed by atoms with Crippen LogP contribution in [0.25, 0.3) is 0 Å². The highest BCUT2D eigenvalue weighted by atomic mass is 16.5. The summed E-state index contributed by atoms with van der Waals surface area (Å²) in [6.45, 7) is 8.26. The van der Waals surface area contributed by atoms with Gasteiger partial charge in [-0.15, -0.1) is 0 Å². The van der Waals surface area contributed by atoms with Crippen LogP contribution in [0.5, 0.6) is 5.75 Å². The van der Waals surface area contributed by atoms with Gasteiger partial charge in [0.25, 0.3) is 5.91 Å². The number of carbonyl (C=O) groups excluding carboxylic acids is 1. The van der Waals surface area contributed by atoms with Gasteiger partial charge in [0.2, 0.25) is 0 Å². The van der Waals surface area contributed by atoms with Crippen molar-refractivity contribution < 1.29 is 18.8 Å². The van der Waals surface area contributed by atoms with Crippen molar-refractivity contribution in [2.75, 3.05) is 45.9 Å². The number of piperidine rings is 1. The molecule has 0 aliphatic carbocycles. The first-order chi connectivity index (χ1) is 14.2. The van der Waals surface area contributed by atoms with Gasteiger partial charge in [0.15, 0.2) is 11.5 Å². The van der Waals surface area contributed by atoms with E-state index in [9.17, 15) is 4.79 Å². The summed E-state index contributed by atoms with van der Waals surface area (Å²) >= 11 is 0. The molecule has 2 aromatic heterocycles. The van der Waals surface area contributed by atoms with Gasteiger partial charge in [-0.2, -0.15) is 0 Å². The minimum atomic E-state index is -0.0660. The van der Waals surface area contributed by atoms with Gasteiger partial charge in [-0.25, -0.2) is 0 Å². The Morgan fingerprint density at radius 2 is 2.14 bits per heavy atom. The minimum absolute atomic E-state index is 0.0660. The van der Waals surface area contributed by atoms with Crippen LogP contribution in [0.1, 0.15) is 34.8 Å². The molecule has 8 nitrogen and oxygen atoms in total. The van der Waals surface area contributed by atoms with E-state index in [-0.39, 0.29) is 12.5 Å². The van der Waals surface area contributed by atoms with Crippen LogP contribution in [-0.4, -0.2) is 71.8 Å². The Labute approximate surface area is 170 Å². The molecule has 4 rings (SSSR count). The predicted octanol–water partition coefficient (Wildman–Crippen LogP) is 2.14. The summed E-state index contributed by atoms with van der Waals surface area (Å²) in [7, 11) is 0. The lowest BCUT2D eigenvalue weighted by molar-refractivity contribution is 0.0222. The molecule has 29 heavy (non-hydrogen) atoms. The van der Waals surface area contributed by atoms with Crippen LogP contribution >= 0.6 is 0 Å². The average Bonchev–Trinajstić information content (AvgIpc) is 3.23. The zero-order chi connectivity index (χ0) is 20.1. The third-order valence-corrected chi connectivity index (χ3v) is 5.47. The molecule has 2 aromatic rings. The lowest BCUT2D eigenvalue weighted by atomic mass is 9.97. The highest BCUT2D eigenvalue weighted by Crippen LogP contribution is 2.21. The lowest BCUT2D eigenvalue weighted by Gasteiger charge is -2.36. The van der Waals surface area contributed by atoms with Gasteiger partial charge >= 0.3 is 0 Å². The molecular formula is C21H28N4O4. The molecule has 2 fully saturated rings. The average molecular weight is 400 g/mol. The van der Waals surface area contributed by atoms with E-state index >= 15 is 0 Å². The van der Waals surface area contributed by atoms with Crippen LogP contribution in [-0.2, 0) is 11.3 Å². The summed E-state index contributed by atoms with van der Waals surface area (Å²) in [5, 5.41) is 3.97. The van der Waals surface area contributed by atoms with Crippen LogP contribution in [0.4, 0.5) is 0 Å². The van der Waals surface area contributed by atoms with Gasteiger partial charge in [-0.1, -0.05) is 5.16 Å². The monoisotopic (exact) mass is 400 g/mol. The predicted molar refractivity (Wildman–Crippen MR) is 106 cm³/mol. The van der Waals surface area contributed by atoms with E-state index in [1.165, 1.54) is 0 Å². The Morgan fingerprint density at radius 1 is 1.28 bits per heavy atom. The van der Waals surface area contributed by atoms with E-state index in [4.69, 9.17) is 14.0 Å². The Balaban J connectivity index is 1.30. The molecule has 2 saturated heterocycles. The van der Waals surface area contributed by atoms with Crippen LogP contribution in [0, 0.1) is 12.8 Å². The smallest absolute Gasteiger partial charge is 0.276 e. The fraction of sp³-hybridized carbons (Fsp3) is 0.571. The molecule has 8 heteroatoms. The van der Waals surface area contributed by atoms with Crippen molar-refractivity contribution >= 4 is 5.91 Å². The van der Waals surface area contributed by atoms with Crippen LogP contribution < -0.4 is 4.74 Å². The van der Waals surface area contributed by atoms with Gasteiger partial charge in [0, 0.05) is 44.5 Å². The first-order valence-corrected chi connectivity index (χ1v) is 10.3. The van der Waals surface area contributed by atoms with Gasteiger partial charge in [-0.05, 0) is 37.8 Å². The topological polar surface area (TPSA) is 80.9 Å². The summed E-state index contributed by atoms with van der Waals surface area (Å²) in [4.78, 5) is 21.4. The number of likely N-dealkylation sites (tertiary alicyclic amines) is 1. The molecule has 1 atom stereocenters. The molecule has 0 aromatic carbocycles. The third-order valence-electron chi connectivity index (χ3n) is 5.47. The summed E-state index contributed by atoms with van der Waals surface area (Å²) in [5.41, 5.74) is 1.27. The number of ether oxygens (including phenoxy) is 2. The zero-order valence-corrected chi connectivity index (χ0v) is 16.9. The van der Waals surface area contributed by atoms with Crippen LogP contribution in [0.15, 0.2) is 28.9 Å². The molecule has 2 aliphatic heterocycles. The van der Waals surface area contributed by atoms with E-state index in [2.05, 4.69) is 15.0 Å². The number of amides is 1. The number of carbonyl (C=O) groups is 1. The first kappa shape index (κ1) is 19.8. The molecule has 0 bridgehead atoms. The highest BCUT2D eigenvalue weighted by Gasteiger charge is 2.28. The van der Waals surface area contributed by atoms with E-state index in [1.807, 2.05) is 24.0 Å². The second-order valence-electron chi connectivity index (χ2n) is 7.77. The molecule has 0 spiro atoms. The van der Waals surface area contributed by atoms with Gasteiger partial charge in [0.05, 0.1) is 19.4 Å². The molecule has 0 radical (unpaired) electrons. The molecule has 0 saturated carbocycles. The Bertz CT molecular complexity index is 801. The van der Waals surface area contributed by atoms with Crippen molar-refractivity contribution in [3.8, 4) is 5.75 Å². The number of aromatic nitrogens is 2. The van der Waals surface area contributed by atoms with E-state index in [0.29, 0.717) is 23.1 Å². The number of rotatable bonds is 6. The number of aryl methyl sites for hydroxylation is 1. The van der Waals surface area contributed by atoms with Crippen molar-refractivity contribution in [3.63, 3.8) is 0 Å². The standard InChI is InChI=1S/C21H28N4O4/c1-16-4-5-18(12-22-16)28-15-19-11-20(23-29-19)21(26)25-6-2-3-17(14-25)13-24-7-9-27-10-8-24/h4-5,11-12,17H,2-3,6-10,13-15H2,1H3. The molecule has 1 amide bonds. The maximum atomic E-state index is 12.9. The maximum absolute atomic E-state index is 12.9. The molecule has 2 aliphatic rings. The van der Waals surface area contributed by atoms with E-state index in [0.717, 1.165) is 64.5 Å². The fourth-order valence-corrected chi connectivity index (χ4v) is 3.89. The summed E-state index contributed by atoms with van der Waals surface area (Å²) < 4.78 is 16.4. The summed E-state index contributed by atoms with van der Waals surface area (Å²) in [5.74, 6) is 1.61. The quantitative estimate of drug-likeness (QED) is 0.735. The minimum Gasteiger partial charge on any atom is -0.484 e.